The molecule has 0 aromatic heterocycles. The fraction of sp³-hybridized carbons (Fsp3) is 0.500. The standard InChI is InChI=1S/C14H21NO3/c1-10-7-12(13(18-4)8-11(10)2)5-6-15(3)14(17)9-16/h7-8,16H,5-6,9H2,1-4H3. The van der Waals surface area contributed by atoms with Gasteiger partial charge in [0.15, 0.2) is 0 Å². The number of carbonyl (C=O) groups is 1. The minimum atomic E-state index is -0.444. The number of benzene rings is 1. The number of hydrogen-bond acceptors (Lipinski definition) is 3. The summed E-state index contributed by atoms with van der Waals surface area (Å²) in [6.45, 7) is 4.22. The van der Waals surface area contributed by atoms with Gasteiger partial charge in [-0.25, -0.2) is 0 Å². The van der Waals surface area contributed by atoms with Crippen molar-refractivity contribution in [2.45, 2.75) is 20.3 Å². The van der Waals surface area contributed by atoms with Gasteiger partial charge in [0.2, 0.25) is 5.91 Å². The molecule has 0 saturated carbocycles. The smallest absolute Gasteiger partial charge is 0.248 e. The van der Waals surface area contributed by atoms with Crippen LogP contribution in [0.15, 0.2) is 12.1 Å². The Balaban J connectivity index is 2.78. The molecule has 0 aliphatic heterocycles. The zero-order valence-corrected chi connectivity index (χ0v) is 11.5. The summed E-state index contributed by atoms with van der Waals surface area (Å²) in [4.78, 5) is 12.8. The molecule has 1 rings (SSSR count). The molecule has 0 aliphatic carbocycles. The molecule has 0 heterocycles. The number of carbonyl (C=O) groups excluding carboxylic acids is 1. The topological polar surface area (TPSA) is 49.8 Å². The van der Waals surface area contributed by atoms with E-state index in [-0.39, 0.29) is 5.91 Å². The first-order chi connectivity index (χ1) is 8.49. The van der Waals surface area contributed by atoms with Gasteiger partial charge in [0.25, 0.3) is 0 Å². The molecule has 0 saturated heterocycles. The van der Waals surface area contributed by atoms with Crippen LogP contribution in [-0.4, -0.2) is 43.2 Å². The lowest BCUT2D eigenvalue weighted by Gasteiger charge is -2.17. The number of rotatable bonds is 5. The molecule has 18 heavy (non-hydrogen) atoms. The van der Waals surface area contributed by atoms with E-state index in [0.717, 1.165) is 11.3 Å². The molecule has 4 nitrogen and oxygen atoms in total. The maximum absolute atomic E-state index is 11.3. The highest BCUT2D eigenvalue weighted by Gasteiger charge is 2.10. The number of nitrogens with zero attached hydrogens (tertiary/aromatic N) is 1. The van der Waals surface area contributed by atoms with Crippen molar-refractivity contribution in [2.24, 2.45) is 0 Å². The van der Waals surface area contributed by atoms with Crippen LogP contribution in [0.4, 0.5) is 0 Å². The molecule has 0 spiro atoms. The average Bonchev–Trinajstić information content (AvgIpc) is 2.38. The van der Waals surface area contributed by atoms with E-state index in [2.05, 4.69) is 13.0 Å². The Kier molecular flexibility index (Phi) is 5.16. The van der Waals surface area contributed by atoms with Crippen molar-refractivity contribution in [3.63, 3.8) is 0 Å². The van der Waals surface area contributed by atoms with Crippen LogP contribution in [0.2, 0.25) is 0 Å². The van der Waals surface area contributed by atoms with E-state index in [9.17, 15) is 4.79 Å². The number of aryl methyl sites for hydroxylation is 2. The van der Waals surface area contributed by atoms with Gasteiger partial charge in [-0.05, 0) is 43.0 Å². The molecule has 0 fully saturated rings. The third-order valence-corrected chi connectivity index (χ3v) is 3.17. The quantitative estimate of drug-likeness (QED) is 0.858. The van der Waals surface area contributed by atoms with Crippen molar-refractivity contribution in [1.29, 1.82) is 0 Å². The summed E-state index contributed by atoms with van der Waals surface area (Å²) < 4.78 is 5.35. The van der Waals surface area contributed by atoms with Crippen LogP contribution in [0.1, 0.15) is 16.7 Å². The zero-order chi connectivity index (χ0) is 13.7. The van der Waals surface area contributed by atoms with Crippen LogP contribution in [0.5, 0.6) is 5.75 Å². The Hall–Kier alpha value is -1.55. The predicted octanol–water partition coefficient (Wildman–Crippen LogP) is 1.31. The maximum atomic E-state index is 11.3. The minimum Gasteiger partial charge on any atom is -0.496 e. The van der Waals surface area contributed by atoms with E-state index in [1.165, 1.54) is 16.0 Å². The van der Waals surface area contributed by atoms with E-state index in [1.807, 2.05) is 13.0 Å². The molecule has 1 N–H and O–H groups in total. The fourth-order valence-corrected chi connectivity index (χ4v) is 1.77. The molecule has 100 valence electrons. The number of aliphatic hydroxyl groups excluding tert-OH is 1. The summed E-state index contributed by atoms with van der Waals surface area (Å²) >= 11 is 0. The monoisotopic (exact) mass is 251 g/mol. The van der Waals surface area contributed by atoms with Gasteiger partial charge in [0.1, 0.15) is 12.4 Å². The average molecular weight is 251 g/mol. The second-order valence-corrected chi connectivity index (χ2v) is 4.47. The second-order valence-electron chi connectivity index (χ2n) is 4.47. The fourth-order valence-electron chi connectivity index (χ4n) is 1.77. The van der Waals surface area contributed by atoms with Crippen LogP contribution < -0.4 is 4.74 Å². The molecule has 0 atom stereocenters. The number of likely N-dealkylation sites (N-methyl/N-ethyl adjacent to an activating group) is 1. The largest absolute Gasteiger partial charge is 0.496 e. The van der Waals surface area contributed by atoms with Gasteiger partial charge in [0.05, 0.1) is 7.11 Å². The Labute approximate surface area is 108 Å². The first kappa shape index (κ1) is 14.5. The highest BCUT2D eigenvalue weighted by molar-refractivity contribution is 5.76. The summed E-state index contributed by atoms with van der Waals surface area (Å²) in [7, 11) is 3.34. The van der Waals surface area contributed by atoms with Crippen LogP contribution in [0.25, 0.3) is 0 Å². The van der Waals surface area contributed by atoms with Gasteiger partial charge in [0, 0.05) is 13.6 Å². The molecule has 4 heteroatoms. The third-order valence-electron chi connectivity index (χ3n) is 3.17. The number of ether oxygens (including phenoxy) is 1. The van der Waals surface area contributed by atoms with Gasteiger partial charge in [-0.2, -0.15) is 0 Å². The normalized spacial score (nSPS) is 10.3. The van der Waals surface area contributed by atoms with Gasteiger partial charge in [-0.15, -0.1) is 0 Å². The lowest BCUT2D eigenvalue weighted by molar-refractivity contribution is -0.132. The molecule has 0 bridgehead atoms. The number of aliphatic hydroxyl groups is 1. The molecule has 1 aromatic rings. The molecular formula is C14H21NO3. The SMILES string of the molecule is COc1cc(C)c(C)cc1CCN(C)C(=O)CO. The van der Waals surface area contributed by atoms with Crippen molar-refractivity contribution in [3.05, 3.63) is 28.8 Å². The van der Waals surface area contributed by atoms with Crippen LogP contribution in [0.3, 0.4) is 0 Å². The van der Waals surface area contributed by atoms with Crippen molar-refractivity contribution in [1.82, 2.24) is 4.90 Å². The molecule has 1 aromatic carbocycles. The number of hydrogen-bond donors (Lipinski definition) is 1. The Morgan fingerprint density at radius 1 is 1.33 bits per heavy atom. The van der Waals surface area contributed by atoms with Crippen molar-refractivity contribution in [3.8, 4) is 5.75 Å². The van der Waals surface area contributed by atoms with Crippen molar-refractivity contribution >= 4 is 5.91 Å². The molecule has 0 radical (unpaired) electrons. The summed E-state index contributed by atoms with van der Waals surface area (Å²) in [5.74, 6) is 0.584. The van der Waals surface area contributed by atoms with Gasteiger partial charge in [-0.1, -0.05) is 6.07 Å². The van der Waals surface area contributed by atoms with Crippen molar-refractivity contribution in [2.75, 3.05) is 27.3 Å². The number of amides is 1. The maximum Gasteiger partial charge on any atom is 0.248 e. The highest BCUT2D eigenvalue weighted by Crippen LogP contribution is 2.23. The third kappa shape index (κ3) is 3.47. The molecular weight excluding hydrogens is 230 g/mol. The lowest BCUT2D eigenvalue weighted by atomic mass is 10.0. The summed E-state index contributed by atoms with van der Waals surface area (Å²) in [6.07, 6.45) is 0.715. The van der Waals surface area contributed by atoms with Gasteiger partial charge < -0.3 is 14.7 Å². The number of methoxy groups -OCH3 is 1. The van der Waals surface area contributed by atoms with E-state index in [1.54, 1.807) is 14.2 Å². The summed E-state index contributed by atoms with van der Waals surface area (Å²) in [5.41, 5.74) is 3.48. The van der Waals surface area contributed by atoms with Crippen LogP contribution in [0, 0.1) is 13.8 Å². The van der Waals surface area contributed by atoms with Crippen LogP contribution in [-0.2, 0) is 11.2 Å². The Bertz CT molecular complexity index is 429. The summed E-state index contributed by atoms with van der Waals surface area (Å²) in [5, 5.41) is 8.77. The second kappa shape index (κ2) is 6.40. The van der Waals surface area contributed by atoms with E-state index >= 15 is 0 Å². The first-order valence-corrected chi connectivity index (χ1v) is 5.98. The minimum absolute atomic E-state index is 0.266. The van der Waals surface area contributed by atoms with E-state index < -0.39 is 6.61 Å². The lowest BCUT2D eigenvalue weighted by Crippen LogP contribution is -2.31. The van der Waals surface area contributed by atoms with E-state index in [0.29, 0.717) is 13.0 Å². The van der Waals surface area contributed by atoms with Gasteiger partial charge >= 0.3 is 0 Å². The molecule has 0 aliphatic rings. The zero-order valence-electron chi connectivity index (χ0n) is 11.5. The Morgan fingerprint density at radius 3 is 2.50 bits per heavy atom. The first-order valence-electron chi connectivity index (χ1n) is 5.98. The predicted molar refractivity (Wildman–Crippen MR) is 70.9 cm³/mol. The highest BCUT2D eigenvalue weighted by atomic mass is 16.5. The molecule has 1 amide bonds. The van der Waals surface area contributed by atoms with Crippen LogP contribution >= 0.6 is 0 Å². The van der Waals surface area contributed by atoms with Crippen molar-refractivity contribution < 1.29 is 14.6 Å². The Morgan fingerprint density at radius 2 is 1.94 bits per heavy atom. The summed E-state index contributed by atoms with van der Waals surface area (Å²) in [6, 6.07) is 4.10. The van der Waals surface area contributed by atoms with E-state index in [4.69, 9.17) is 9.84 Å². The van der Waals surface area contributed by atoms with Gasteiger partial charge in [-0.3, -0.25) is 4.79 Å². The molecule has 0 unspecified atom stereocenters.